The first-order valence-corrected chi connectivity index (χ1v) is 8.29. The van der Waals surface area contributed by atoms with Crippen LogP contribution in [0.3, 0.4) is 0 Å². The third-order valence-corrected chi connectivity index (χ3v) is 4.19. The van der Waals surface area contributed by atoms with Gasteiger partial charge in [0.2, 0.25) is 5.91 Å². The zero-order valence-electron chi connectivity index (χ0n) is 14.7. The molecule has 3 aromatic rings. The monoisotopic (exact) mass is 348 g/mol. The van der Waals surface area contributed by atoms with Gasteiger partial charge in [0.1, 0.15) is 0 Å². The number of carbonyl (C=O) groups is 1. The highest BCUT2D eigenvalue weighted by molar-refractivity contribution is 5.99. The molecule has 1 aromatic heterocycles. The standard InChI is InChI=1S/C20H20N4O2/c1-13(21-23-19(25)12-18-14(2)22-24-20(18)26)15-8-10-17(11-9-15)16-6-4-3-5-7-16/h3-11H,12H2,1-2H3,(H,23,25)(H2,22,24,26)/b21-13-. The van der Waals surface area contributed by atoms with E-state index >= 15 is 0 Å². The van der Waals surface area contributed by atoms with Gasteiger partial charge in [0, 0.05) is 11.3 Å². The van der Waals surface area contributed by atoms with Crippen molar-refractivity contribution in [1.29, 1.82) is 0 Å². The van der Waals surface area contributed by atoms with Crippen LogP contribution in [0.15, 0.2) is 64.5 Å². The number of aryl methyl sites for hydroxylation is 1. The minimum Gasteiger partial charge on any atom is -0.302 e. The van der Waals surface area contributed by atoms with Gasteiger partial charge in [-0.1, -0.05) is 54.6 Å². The van der Waals surface area contributed by atoms with Gasteiger partial charge >= 0.3 is 0 Å². The van der Waals surface area contributed by atoms with E-state index in [2.05, 4.69) is 32.9 Å². The first-order valence-electron chi connectivity index (χ1n) is 8.29. The van der Waals surface area contributed by atoms with Crippen molar-refractivity contribution in [2.75, 3.05) is 0 Å². The van der Waals surface area contributed by atoms with Gasteiger partial charge in [-0.3, -0.25) is 14.7 Å². The molecule has 0 aliphatic rings. The number of H-pyrrole nitrogens is 2. The first kappa shape index (κ1) is 17.4. The van der Waals surface area contributed by atoms with E-state index in [9.17, 15) is 9.59 Å². The van der Waals surface area contributed by atoms with E-state index < -0.39 is 0 Å². The third kappa shape index (κ3) is 3.97. The fourth-order valence-corrected chi connectivity index (χ4v) is 2.63. The van der Waals surface area contributed by atoms with Crippen LogP contribution in [0, 0.1) is 6.92 Å². The number of aromatic amines is 2. The van der Waals surface area contributed by atoms with Gasteiger partial charge in [-0.15, -0.1) is 0 Å². The van der Waals surface area contributed by atoms with Crippen LogP contribution in [0.25, 0.3) is 11.1 Å². The van der Waals surface area contributed by atoms with Crippen LogP contribution < -0.4 is 11.0 Å². The summed E-state index contributed by atoms with van der Waals surface area (Å²) in [5.41, 5.74) is 7.17. The Hall–Kier alpha value is -3.41. The molecule has 0 fully saturated rings. The highest BCUT2D eigenvalue weighted by Gasteiger charge is 2.11. The molecule has 3 N–H and O–H groups in total. The minimum absolute atomic E-state index is 0.0195. The van der Waals surface area contributed by atoms with Crippen molar-refractivity contribution >= 4 is 11.6 Å². The molecular formula is C20H20N4O2. The first-order chi connectivity index (χ1) is 12.5. The van der Waals surface area contributed by atoms with Crippen LogP contribution in [-0.2, 0) is 11.2 Å². The van der Waals surface area contributed by atoms with E-state index in [0.717, 1.165) is 16.7 Å². The average Bonchev–Trinajstić information content (AvgIpc) is 2.99. The number of amides is 1. The smallest absolute Gasteiger partial charge is 0.267 e. The van der Waals surface area contributed by atoms with E-state index in [-0.39, 0.29) is 17.9 Å². The Kier molecular flexibility index (Phi) is 5.12. The number of benzene rings is 2. The largest absolute Gasteiger partial charge is 0.302 e. The number of hydrogen-bond acceptors (Lipinski definition) is 3. The van der Waals surface area contributed by atoms with Crippen molar-refractivity contribution in [1.82, 2.24) is 15.6 Å². The molecule has 132 valence electrons. The fraction of sp³-hybridized carbons (Fsp3) is 0.150. The number of hydrogen-bond donors (Lipinski definition) is 3. The van der Waals surface area contributed by atoms with Crippen molar-refractivity contribution in [2.24, 2.45) is 5.10 Å². The molecule has 0 unspecified atom stereocenters. The van der Waals surface area contributed by atoms with Crippen LogP contribution in [0.5, 0.6) is 0 Å². The van der Waals surface area contributed by atoms with Gasteiger partial charge in [-0.25, -0.2) is 5.43 Å². The van der Waals surface area contributed by atoms with E-state index in [1.54, 1.807) is 6.92 Å². The van der Waals surface area contributed by atoms with Gasteiger partial charge in [-0.05, 0) is 30.5 Å². The molecule has 26 heavy (non-hydrogen) atoms. The van der Waals surface area contributed by atoms with Crippen molar-refractivity contribution in [3.63, 3.8) is 0 Å². The number of rotatable bonds is 5. The molecule has 1 heterocycles. The third-order valence-electron chi connectivity index (χ3n) is 4.19. The summed E-state index contributed by atoms with van der Waals surface area (Å²) in [7, 11) is 0. The molecule has 0 bridgehead atoms. The maximum Gasteiger partial charge on any atom is 0.267 e. The Balaban J connectivity index is 1.66. The number of nitrogens with zero attached hydrogens (tertiary/aromatic N) is 1. The Labute approximate surface area is 151 Å². The van der Waals surface area contributed by atoms with Crippen LogP contribution in [-0.4, -0.2) is 21.8 Å². The Morgan fingerprint density at radius 2 is 1.65 bits per heavy atom. The van der Waals surface area contributed by atoms with E-state index in [0.29, 0.717) is 17.0 Å². The van der Waals surface area contributed by atoms with E-state index in [1.165, 1.54) is 0 Å². The lowest BCUT2D eigenvalue weighted by Crippen LogP contribution is -2.24. The zero-order chi connectivity index (χ0) is 18.5. The lowest BCUT2D eigenvalue weighted by atomic mass is 10.0. The molecule has 2 aromatic carbocycles. The molecule has 0 saturated carbocycles. The van der Waals surface area contributed by atoms with E-state index in [4.69, 9.17) is 0 Å². The summed E-state index contributed by atoms with van der Waals surface area (Å²) in [6.07, 6.45) is -0.0195. The second-order valence-corrected chi connectivity index (χ2v) is 6.04. The molecule has 0 spiro atoms. The molecule has 0 radical (unpaired) electrons. The molecular weight excluding hydrogens is 328 g/mol. The Morgan fingerprint density at radius 1 is 1.00 bits per heavy atom. The molecule has 3 rings (SSSR count). The molecule has 0 aliphatic carbocycles. The molecule has 0 atom stereocenters. The van der Waals surface area contributed by atoms with Crippen LogP contribution >= 0.6 is 0 Å². The Morgan fingerprint density at radius 3 is 2.27 bits per heavy atom. The van der Waals surface area contributed by atoms with Gasteiger partial charge in [0.15, 0.2) is 0 Å². The van der Waals surface area contributed by atoms with E-state index in [1.807, 2.05) is 49.4 Å². The normalized spacial score (nSPS) is 11.4. The number of hydrazone groups is 1. The summed E-state index contributed by atoms with van der Waals surface area (Å²) in [6.45, 7) is 3.56. The summed E-state index contributed by atoms with van der Waals surface area (Å²) in [4.78, 5) is 23.6. The maximum absolute atomic E-state index is 12.0. The predicted molar refractivity (Wildman–Crippen MR) is 102 cm³/mol. The average molecular weight is 348 g/mol. The van der Waals surface area contributed by atoms with Crippen molar-refractivity contribution in [3.05, 3.63) is 81.8 Å². The van der Waals surface area contributed by atoms with Crippen molar-refractivity contribution in [2.45, 2.75) is 20.3 Å². The number of carbonyl (C=O) groups excluding carboxylic acids is 1. The fourth-order valence-electron chi connectivity index (χ4n) is 2.63. The molecule has 6 heteroatoms. The lowest BCUT2D eigenvalue weighted by Gasteiger charge is -2.05. The summed E-state index contributed by atoms with van der Waals surface area (Å²) in [5, 5.41) is 9.29. The van der Waals surface area contributed by atoms with Crippen molar-refractivity contribution in [3.8, 4) is 11.1 Å². The predicted octanol–water partition coefficient (Wildman–Crippen LogP) is 2.76. The number of aromatic nitrogens is 2. The topological polar surface area (TPSA) is 90.1 Å². The summed E-state index contributed by atoms with van der Waals surface area (Å²) < 4.78 is 0. The minimum atomic E-state index is -0.335. The quantitative estimate of drug-likeness (QED) is 0.489. The maximum atomic E-state index is 12.0. The lowest BCUT2D eigenvalue weighted by molar-refractivity contribution is -0.120. The second-order valence-electron chi connectivity index (χ2n) is 6.04. The van der Waals surface area contributed by atoms with Gasteiger partial charge in [0.05, 0.1) is 12.1 Å². The second kappa shape index (κ2) is 7.65. The van der Waals surface area contributed by atoms with Gasteiger partial charge in [0.25, 0.3) is 5.56 Å². The summed E-state index contributed by atoms with van der Waals surface area (Å²) in [5.74, 6) is -0.335. The van der Waals surface area contributed by atoms with Gasteiger partial charge in [-0.2, -0.15) is 5.10 Å². The number of nitrogens with one attached hydrogen (secondary N) is 3. The van der Waals surface area contributed by atoms with Gasteiger partial charge < -0.3 is 5.10 Å². The summed E-state index contributed by atoms with van der Waals surface area (Å²) in [6, 6.07) is 18.1. The van der Waals surface area contributed by atoms with Crippen LogP contribution in [0.1, 0.15) is 23.7 Å². The molecule has 6 nitrogen and oxygen atoms in total. The van der Waals surface area contributed by atoms with Crippen LogP contribution in [0.4, 0.5) is 0 Å². The SMILES string of the molecule is C/C(=N/NC(=O)Cc1c(C)[nH][nH]c1=O)c1ccc(-c2ccccc2)cc1. The highest BCUT2D eigenvalue weighted by Crippen LogP contribution is 2.19. The molecule has 1 amide bonds. The molecule has 0 saturated heterocycles. The van der Waals surface area contributed by atoms with Crippen LogP contribution in [0.2, 0.25) is 0 Å². The van der Waals surface area contributed by atoms with Crippen molar-refractivity contribution < 1.29 is 4.79 Å². The highest BCUT2D eigenvalue weighted by atomic mass is 16.2. The Bertz CT molecular complexity index is 983. The summed E-state index contributed by atoms with van der Waals surface area (Å²) >= 11 is 0. The zero-order valence-corrected chi connectivity index (χ0v) is 14.7. The molecule has 0 aliphatic heterocycles.